The van der Waals surface area contributed by atoms with Gasteiger partial charge < -0.3 is 10.1 Å². The third-order valence-electron chi connectivity index (χ3n) is 2.76. The van der Waals surface area contributed by atoms with Gasteiger partial charge in [-0.3, -0.25) is 9.78 Å². The van der Waals surface area contributed by atoms with Gasteiger partial charge >= 0.3 is 0 Å². The van der Waals surface area contributed by atoms with Crippen molar-refractivity contribution in [1.29, 1.82) is 0 Å². The van der Waals surface area contributed by atoms with Crippen molar-refractivity contribution in [3.63, 3.8) is 0 Å². The van der Waals surface area contributed by atoms with Crippen molar-refractivity contribution in [2.24, 2.45) is 0 Å². The zero-order valence-electron chi connectivity index (χ0n) is 10.8. The van der Waals surface area contributed by atoms with Crippen LogP contribution in [-0.2, 0) is 4.74 Å². The number of aromatic nitrogens is 1. The number of nitrogens with zero attached hydrogens (tertiary/aromatic N) is 1. The van der Waals surface area contributed by atoms with Crippen molar-refractivity contribution in [1.82, 2.24) is 10.3 Å². The Morgan fingerprint density at radius 1 is 1.47 bits per heavy atom. The van der Waals surface area contributed by atoms with Crippen molar-refractivity contribution in [3.8, 4) is 0 Å². The topological polar surface area (TPSA) is 51.2 Å². The number of halogens is 1. The molecule has 2 rings (SSSR count). The molecule has 19 heavy (non-hydrogen) atoms. The molecule has 1 aromatic heterocycles. The molecule has 0 radical (unpaired) electrons. The van der Waals surface area contributed by atoms with E-state index in [9.17, 15) is 4.79 Å². The van der Waals surface area contributed by atoms with Crippen molar-refractivity contribution in [2.75, 3.05) is 13.7 Å². The summed E-state index contributed by atoms with van der Waals surface area (Å²) in [4.78, 5) is 16.4. The van der Waals surface area contributed by atoms with Crippen molar-refractivity contribution in [3.05, 3.63) is 41.0 Å². The summed E-state index contributed by atoms with van der Waals surface area (Å²) in [6.07, 6.45) is 1.65. The van der Waals surface area contributed by atoms with Crippen LogP contribution in [0.15, 0.2) is 30.5 Å². The summed E-state index contributed by atoms with van der Waals surface area (Å²) >= 11 is 6.10. The number of amides is 1. The number of nitrogens with one attached hydrogen (secondary N) is 1. The van der Waals surface area contributed by atoms with Crippen LogP contribution >= 0.6 is 11.6 Å². The van der Waals surface area contributed by atoms with E-state index < -0.39 is 0 Å². The van der Waals surface area contributed by atoms with E-state index in [0.29, 0.717) is 22.7 Å². The summed E-state index contributed by atoms with van der Waals surface area (Å²) in [6, 6.07) is 6.98. The Kier molecular flexibility index (Phi) is 4.35. The number of rotatable bonds is 4. The van der Waals surface area contributed by atoms with Crippen LogP contribution in [0.2, 0.25) is 5.02 Å². The molecule has 0 unspecified atom stereocenters. The highest BCUT2D eigenvalue weighted by atomic mass is 35.5. The van der Waals surface area contributed by atoms with Gasteiger partial charge in [-0.2, -0.15) is 0 Å². The molecule has 1 amide bonds. The van der Waals surface area contributed by atoms with Gasteiger partial charge in [0.05, 0.1) is 22.7 Å². The number of fused-ring (bicyclic) bond motifs is 1. The first kappa shape index (κ1) is 13.8. The van der Waals surface area contributed by atoms with E-state index in [1.807, 2.05) is 13.0 Å². The predicted molar refractivity (Wildman–Crippen MR) is 75.6 cm³/mol. The van der Waals surface area contributed by atoms with Crippen molar-refractivity contribution in [2.45, 2.75) is 13.0 Å². The van der Waals surface area contributed by atoms with Gasteiger partial charge in [-0.25, -0.2) is 0 Å². The van der Waals surface area contributed by atoms with E-state index in [2.05, 4.69) is 10.3 Å². The minimum Gasteiger partial charge on any atom is -0.383 e. The Bertz CT molecular complexity index is 601. The molecular formula is C14H15ClN2O2. The van der Waals surface area contributed by atoms with Crippen LogP contribution in [0.3, 0.4) is 0 Å². The maximum atomic E-state index is 12.2. The van der Waals surface area contributed by atoms with Crippen molar-refractivity contribution < 1.29 is 9.53 Å². The first-order valence-corrected chi connectivity index (χ1v) is 6.34. The van der Waals surface area contributed by atoms with E-state index in [1.165, 1.54) is 0 Å². The van der Waals surface area contributed by atoms with Gasteiger partial charge in [0.2, 0.25) is 0 Å². The highest BCUT2D eigenvalue weighted by molar-refractivity contribution is 6.36. The molecular weight excluding hydrogens is 264 g/mol. The number of methoxy groups -OCH3 is 1. The fourth-order valence-corrected chi connectivity index (χ4v) is 2.13. The third kappa shape index (κ3) is 3.03. The van der Waals surface area contributed by atoms with Gasteiger partial charge in [0.25, 0.3) is 5.91 Å². The van der Waals surface area contributed by atoms with Crippen LogP contribution in [0.5, 0.6) is 0 Å². The molecule has 0 spiro atoms. The monoisotopic (exact) mass is 278 g/mol. The zero-order valence-corrected chi connectivity index (χ0v) is 11.6. The molecule has 2 aromatic rings. The molecule has 1 atom stereocenters. The molecule has 100 valence electrons. The summed E-state index contributed by atoms with van der Waals surface area (Å²) in [6.45, 7) is 2.34. The van der Waals surface area contributed by atoms with Crippen LogP contribution in [0, 0.1) is 0 Å². The van der Waals surface area contributed by atoms with E-state index in [1.54, 1.807) is 31.5 Å². The maximum absolute atomic E-state index is 12.2. The number of pyridine rings is 1. The summed E-state index contributed by atoms with van der Waals surface area (Å²) in [5.41, 5.74) is 1.13. The molecule has 1 aromatic carbocycles. The first-order valence-electron chi connectivity index (χ1n) is 5.96. The predicted octanol–water partition coefficient (Wildman–Crippen LogP) is 2.65. The summed E-state index contributed by atoms with van der Waals surface area (Å²) in [5, 5.41) is 4.22. The lowest BCUT2D eigenvalue weighted by molar-refractivity contribution is 0.0907. The van der Waals surface area contributed by atoms with Gasteiger partial charge in [0, 0.05) is 24.7 Å². The second-order valence-corrected chi connectivity index (χ2v) is 4.73. The average Bonchev–Trinajstić information content (AvgIpc) is 2.39. The number of benzene rings is 1. The molecule has 0 aliphatic rings. The quantitative estimate of drug-likeness (QED) is 0.935. The van der Waals surface area contributed by atoms with Crippen LogP contribution in [0.1, 0.15) is 17.3 Å². The molecule has 1 N–H and O–H groups in total. The van der Waals surface area contributed by atoms with Crippen LogP contribution < -0.4 is 5.32 Å². The smallest absolute Gasteiger partial charge is 0.253 e. The summed E-state index contributed by atoms with van der Waals surface area (Å²) in [7, 11) is 1.60. The molecule has 0 saturated carbocycles. The number of hydrogen-bond acceptors (Lipinski definition) is 3. The Labute approximate surface area is 116 Å². The molecule has 0 aliphatic heterocycles. The Hall–Kier alpha value is -1.65. The number of hydrogen-bond donors (Lipinski definition) is 1. The SMILES string of the molecule is COC[C@@H](C)NC(=O)c1ccc(Cl)c2cccnc12. The Morgan fingerprint density at radius 3 is 3.00 bits per heavy atom. The van der Waals surface area contributed by atoms with Crippen LogP contribution in [0.25, 0.3) is 10.9 Å². The van der Waals surface area contributed by atoms with Gasteiger partial charge in [-0.15, -0.1) is 0 Å². The highest BCUT2D eigenvalue weighted by Crippen LogP contribution is 2.24. The lowest BCUT2D eigenvalue weighted by Gasteiger charge is -2.13. The fraction of sp³-hybridized carbons (Fsp3) is 0.286. The average molecular weight is 279 g/mol. The standard InChI is InChI=1S/C14H15ClN2O2/c1-9(8-19-2)17-14(18)11-5-6-12(15)10-4-3-7-16-13(10)11/h3-7,9H,8H2,1-2H3,(H,17,18)/t9-/m1/s1. The summed E-state index contributed by atoms with van der Waals surface area (Å²) < 4.78 is 5.00. The van der Waals surface area contributed by atoms with E-state index >= 15 is 0 Å². The minimum atomic E-state index is -0.176. The molecule has 0 aliphatic carbocycles. The van der Waals surface area contributed by atoms with Crippen molar-refractivity contribution >= 4 is 28.4 Å². The normalized spacial score (nSPS) is 12.4. The molecule has 0 saturated heterocycles. The second kappa shape index (κ2) is 5.99. The molecule has 1 heterocycles. The lowest BCUT2D eigenvalue weighted by atomic mass is 10.1. The molecule has 4 nitrogen and oxygen atoms in total. The highest BCUT2D eigenvalue weighted by Gasteiger charge is 2.14. The van der Waals surface area contributed by atoms with E-state index in [-0.39, 0.29) is 11.9 Å². The van der Waals surface area contributed by atoms with Gasteiger partial charge in [-0.1, -0.05) is 11.6 Å². The minimum absolute atomic E-state index is 0.0630. The maximum Gasteiger partial charge on any atom is 0.253 e. The third-order valence-corrected chi connectivity index (χ3v) is 3.08. The second-order valence-electron chi connectivity index (χ2n) is 4.32. The lowest BCUT2D eigenvalue weighted by Crippen LogP contribution is -2.35. The summed E-state index contributed by atoms with van der Waals surface area (Å²) in [5.74, 6) is -0.176. The molecule has 0 bridgehead atoms. The first-order chi connectivity index (χ1) is 9.13. The van der Waals surface area contributed by atoms with Gasteiger partial charge in [0.1, 0.15) is 0 Å². The fourth-order valence-electron chi connectivity index (χ4n) is 1.91. The van der Waals surface area contributed by atoms with E-state index in [0.717, 1.165) is 5.39 Å². The number of carbonyl (C=O) groups excluding carboxylic acids is 1. The zero-order chi connectivity index (χ0) is 13.8. The Balaban J connectivity index is 2.35. The largest absolute Gasteiger partial charge is 0.383 e. The Morgan fingerprint density at radius 2 is 2.26 bits per heavy atom. The number of carbonyl (C=O) groups is 1. The van der Waals surface area contributed by atoms with Crippen LogP contribution in [-0.4, -0.2) is 30.6 Å². The van der Waals surface area contributed by atoms with Gasteiger partial charge in [0.15, 0.2) is 0 Å². The van der Waals surface area contributed by atoms with Gasteiger partial charge in [-0.05, 0) is 31.2 Å². The molecule has 5 heteroatoms. The number of ether oxygens (including phenoxy) is 1. The molecule has 0 fully saturated rings. The van der Waals surface area contributed by atoms with Crippen LogP contribution in [0.4, 0.5) is 0 Å². The van der Waals surface area contributed by atoms with E-state index in [4.69, 9.17) is 16.3 Å².